The number of aryl methyl sites for hydroxylation is 1. The van der Waals surface area contributed by atoms with Crippen LogP contribution < -0.4 is 0 Å². The molecule has 6 nitrogen and oxygen atoms in total. The highest BCUT2D eigenvalue weighted by Gasteiger charge is 2.45. The fourth-order valence-corrected chi connectivity index (χ4v) is 3.65. The van der Waals surface area contributed by atoms with Gasteiger partial charge in [-0.1, -0.05) is 29.8 Å². The second-order valence-corrected chi connectivity index (χ2v) is 6.44. The van der Waals surface area contributed by atoms with Crippen LogP contribution in [-0.4, -0.2) is 52.7 Å². The minimum atomic E-state index is -0.633. The maximum Gasteiger partial charge on any atom is 0.259 e. The van der Waals surface area contributed by atoms with Crippen LogP contribution in [-0.2, 0) is 9.47 Å². The van der Waals surface area contributed by atoms with Crippen molar-refractivity contribution in [2.45, 2.75) is 19.1 Å². The average Bonchev–Trinajstić information content (AvgIpc) is 3.30. The van der Waals surface area contributed by atoms with E-state index in [1.807, 2.05) is 30.3 Å². The van der Waals surface area contributed by atoms with Gasteiger partial charge in [-0.2, -0.15) is 5.10 Å². The van der Waals surface area contributed by atoms with E-state index in [4.69, 9.17) is 21.1 Å². The number of ether oxygens (including phenoxy) is 2. The molecule has 3 heterocycles. The molecule has 0 saturated carbocycles. The van der Waals surface area contributed by atoms with Gasteiger partial charge < -0.3 is 14.4 Å². The molecule has 1 aromatic carbocycles. The molecule has 2 aliphatic heterocycles. The molecule has 1 aromatic heterocycles. The Morgan fingerprint density at radius 1 is 1.25 bits per heavy atom. The molecular formula is C17H18ClN3O3. The second-order valence-electron chi connectivity index (χ2n) is 6.08. The SMILES string of the molecule is Cc1nn(-c2ccccc2)c(Cl)c1C(=O)N1CCC2(C1)OCCO2. The third-order valence-corrected chi connectivity index (χ3v) is 4.86. The van der Waals surface area contributed by atoms with E-state index in [9.17, 15) is 4.79 Å². The summed E-state index contributed by atoms with van der Waals surface area (Å²) in [6.07, 6.45) is 0.683. The van der Waals surface area contributed by atoms with Gasteiger partial charge in [0.15, 0.2) is 5.79 Å². The first-order valence-electron chi connectivity index (χ1n) is 7.97. The Morgan fingerprint density at radius 3 is 2.67 bits per heavy atom. The molecule has 0 unspecified atom stereocenters. The zero-order valence-corrected chi connectivity index (χ0v) is 14.1. The topological polar surface area (TPSA) is 56.6 Å². The number of halogens is 1. The second kappa shape index (κ2) is 5.88. The molecule has 2 saturated heterocycles. The molecule has 0 N–H and O–H groups in total. The lowest BCUT2D eigenvalue weighted by Gasteiger charge is -2.22. The van der Waals surface area contributed by atoms with Crippen molar-refractivity contribution >= 4 is 17.5 Å². The van der Waals surface area contributed by atoms with Gasteiger partial charge in [0.05, 0.1) is 36.7 Å². The summed E-state index contributed by atoms with van der Waals surface area (Å²) >= 11 is 6.48. The Balaban J connectivity index is 1.63. The lowest BCUT2D eigenvalue weighted by atomic mass is 10.2. The van der Waals surface area contributed by atoms with E-state index in [1.165, 1.54) is 0 Å². The fourth-order valence-electron chi connectivity index (χ4n) is 3.30. The number of carbonyl (C=O) groups is 1. The number of rotatable bonds is 2. The van der Waals surface area contributed by atoms with Crippen molar-refractivity contribution in [3.05, 3.63) is 46.7 Å². The van der Waals surface area contributed by atoms with Crippen LogP contribution in [0.2, 0.25) is 5.15 Å². The summed E-state index contributed by atoms with van der Waals surface area (Å²) in [4.78, 5) is 14.7. The van der Waals surface area contributed by atoms with Gasteiger partial charge in [-0.05, 0) is 19.1 Å². The van der Waals surface area contributed by atoms with Crippen molar-refractivity contribution in [3.63, 3.8) is 0 Å². The molecule has 1 spiro atoms. The normalized spacial score (nSPS) is 19.3. The quantitative estimate of drug-likeness (QED) is 0.837. The van der Waals surface area contributed by atoms with Crippen LogP contribution in [0.25, 0.3) is 5.69 Å². The number of benzene rings is 1. The number of hydrogen-bond donors (Lipinski definition) is 0. The number of para-hydroxylation sites is 1. The Bertz CT molecular complexity index is 769. The van der Waals surface area contributed by atoms with Gasteiger partial charge in [-0.3, -0.25) is 4.79 Å². The van der Waals surface area contributed by atoms with Gasteiger partial charge >= 0.3 is 0 Å². The van der Waals surface area contributed by atoms with Crippen molar-refractivity contribution in [1.82, 2.24) is 14.7 Å². The van der Waals surface area contributed by atoms with Gasteiger partial charge in [-0.25, -0.2) is 4.68 Å². The predicted octanol–water partition coefficient (Wildman–Crippen LogP) is 2.42. The molecule has 4 rings (SSSR count). The smallest absolute Gasteiger partial charge is 0.259 e. The monoisotopic (exact) mass is 347 g/mol. The molecule has 1 amide bonds. The predicted molar refractivity (Wildman–Crippen MR) is 88.5 cm³/mol. The molecule has 126 valence electrons. The molecule has 2 fully saturated rings. The number of hydrogen-bond acceptors (Lipinski definition) is 4. The van der Waals surface area contributed by atoms with Crippen molar-refractivity contribution in [1.29, 1.82) is 0 Å². The third kappa shape index (κ3) is 2.51. The number of likely N-dealkylation sites (tertiary alicyclic amines) is 1. The maximum absolute atomic E-state index is 13.0. The molecule has 7 heteroatoms. The molecule has 0 bridgehead atoms. The third-order valence-electron chi connectivity index (χ3n) is 4.51. The summed E-state index contributed by atoms with van der Waals surface area (Å²) in [5.41, 5.74) is 1.88. The zero-order chi connectivity index (χ0) is 16.7. The molecule has 0 aliphatic carbocycles. The average molecular weight is 348 g/mol. The maximum atomic E-state index is 13.0. The Hall–Kier alpha value is -1.89. The molecular weight excluding hydrogens is 330 g/mol. The Labute approximate surface area is 144 Å². The summed E-state index contributed by atoms with van der Waals surface area (Å²) in [5.74, 6) is -0.762. The summed E-state index contributed by atoms with van der Waals surface area (Å²) in [5, 5.41) is 4.77. The van der Waals surface area contributed by atoms with Crippen LogP contribution in [0.5, 0.6) is 0 Å². The van der Waals surface area contributed by atoms with E-state index in [0.717, 1.165) is 5.69 Å². The van der Waals surface area contributed by atoms with E-state index in [-0.39, 0.29) is 5.91 Å². The first-order valence-corrected chi connectivity index (χ1v) is 8.35. The van der Waals surface area contributed by atoms with Crippen molar-refractivity contribution < 1.29 is 14.3 Å². The van der Waals surface area contributed by atoms with Gasteiger partial charge in [0, 0.05) is 13.0 Å². The molecule has 0 radical (unpaired) electrons. The van der Waals surface area contributed by atoms with E-state index in [0.29, 0.717) is 49.1 Å². The van der Waals surface area contributed by atoms with Crippen LogP contribution in [0.3, 0.4) is 0 Å². The van der Waals surface area contributed by atoms with Crippen molar-refractivity contribution in [3.8, 4) is 5.69 Å². The fraction of sp³-hybridized carbons (Fsp3) is 0.412. The minimum Gasteiger partial charge on any atom is -0.346 e. The molecule has 24 heavy (non-hydrogen) atoms. The highest BCUT2D eigenvalue weighted by atomic mass is 35.5. The molecule has 0 atom stereocenters. The minimum absolute atomic E-state index is 0.129. The number of amides is 1. The highest BCUT2D eigenvalue weighted by molar-refractivity contribution is 6.33. The van der Waals surface area contributed by atoms with Gasteiger partial charge in [0.25, 0.3) is 5.91 Å². The van der Waals surface area contributed by atoms with Crippen molar-refractivity contribution in [2.75, 3.05) is 26.3 Å². The highest BCUT2D eigenvalue weighted by Crippen LogP contribution is 2.33. The summed E-state index contributed by atoms with van der Waals surface area (Å²) in [6, 6.07) is 9.53. The van der Waals surface area contributed by atoms with Crippen LogP contribution in [0, 0.1) is 6.92 Å². The summed E-state index contributed by atoms with van der Waals surface area (Å²) < 4.78 is 13.0. The van der Waals surface area contributed by atoms with Crippen LogP contribution in [0.4, 0.5) is 0 Å². The van der Waals surface area contributed by atoms with Gasteiger partial charge in [-0.15, -0.1) is 0 Å². The summed E-state index contributed by atoms with van der Waals surface area (Å²) in [6.45, 7) is 3.97. The lowest BCUT2D eigenvalue weighted by molar-refractivity contribution is -0.143. The Morgan fingerprint density at radius 2 is 1.96 bits per heavy atom. The summed E-state index contributed by atoms with van der Waals surface area (Å²) in [7, 11) is 0. The molecule has 2 aromatic rings. The first kappa shape index (κ1) is 15.6. The standard InChI is InChI=1S/C17H18ClN3O3/c1-12-14(15(18)21(19-12)13-5-3-2-4-6-13)16(22)20-8-7-17(11-20)23-9-10-24-17/h2-6H,7-11H2,1H3. The van der Waals surface area contributed by atoms with E-state index >= 15 is 0 Å². The van der Waals surface area contributed by atoms with Crippen LogP contribution >= 0.6 is 11.6 Å². The van der Waals surface area contributed by atoms with Gasteiger partial charge in [0.2, 0.25) is 0 Å². The molecule has 2 aliphatic rings. The van der Waals surface area contributed by atoms with E-state index in [2.05, 4.69) is 5.10 Å². The van der Waals surface area contributed by atoms with E-state index in [1.54, 1.807) is 16.5 Å². The largest absolute Gasteiger partial charge is 0.346 e. The lowest BCUT2D eigenvalue weighted by Crippen LogP contribution is -2.37. The van der Waals surface area contributed by atoms with Crippen LogP contribution in [0.15, 0.2) is 30.3 Å². The Kier molecular flexibility index (Phi) is 3.83. The zero-order valence-electron chi connectivity index (χ0n) is 13.4. The number of carbonyl (C=O) groups excluding carboxylic acids is 1. The van der Waals surface area contributed by atoms with E-state index < -0.39 is 5.79 Å². The van der Waals surface area contributed by atoms with Gasteiger partial charge in [0.1, 0.15) is 5.15 Å². The number of nitrogens with zero attached hydrogens (tertiary/aromatic N) is 3. The first-order chi connectivity index (χ1) is 11.6. The number of aromatic nitrogens is 2. The van der Waals surface area contributed by atoms with Crippen LogP contribution in [0.1, 0.15) is 22.5 Å². The van der Waals surface area contributed by atoms with Crippen molar-refractivity contribution in [2.24, 2.45) is 0 Å².